The molecule has 0 radical (unpaired) electrons. The van der Waals surface area contributed by atoms with Gasteiger partial charge in [0, 0.05) is 11.9 Å². The fourth-order valence-corrected chi connectivity index (χ4v) is 3.23. The molecule has 2 amide bonds. The van der Waals surface area contributed by atoms with E-state index in [9.17, 15) is 18.0 Å². The Bertz CT molecular complexity index is 727. The summed E-state index contributed by atoms with van der Waals surface area (Å²) in [7, 11) is 0. The van der Waals surface area contributed by atoms with Crippen molar-refractivity contribution in [3.8, 4) is 0 Å². The molecule has 2 N–H and O–H groups in total. The number of anilines is 1. The number of nitrogens with one attached hydrogen (secondary N) is 2. The smallest absolute Gasteiger partial charge is 0.334 e. The first-order chi connectivity index (χ1) is 10.9. The molecule has 0 fully saturated rings. The number of fused-ring (bicyclic) bond motifs is 1. The Labute approximate surface area is 134 Å². The van der Waals surface area contributed by atoms with Crippen LogP contribution in [0.15, 0.2) is 23.6 Å². The molecule has 0 unspecified atom stereocenters. The van der Waals surface area contributed by atoms with Crippen LogP contribution in [0.4, 0.5) is 23.1 Å². The molecular formula is C15H14F3N3OS. The van der Waals surface area contributed by atoms with Gasteiger partial charge in [0.2, 0.25) is 0 Å². The lowest BCUT2D eigenvalue weighted by molar-refractivity contribution is -0.140. The minimum Gasteiger partial charge on any atom is -0.334 e. The average molecular weight is 341 g/mol. The molecule has 3 rings (SSSR count). The Morgan fingerprint density at radius 1 is 1.26 bits per heavy atom. The lowest BCUT2D eigenvalue weighted by Crippen LogP contribution is -2.28. The zero-order valence-corrected chi connectivity index (χ0v) is 12.9. The molecule has 2 aromatic rings. The van der Waals surface area contributed by atoms with E-state index in [-0.39, 0.29) is 5.13 Å². The van der Waals surface area contributed by atoms with Crippen molar-refractivity contribution in [1.29, 1.82) is 0 Å². The van der Waals surface area contributed by atoms with Crippen LogP contribution in [-0.4, -0.2) is 11.0 Å². The number of carbonyl (C=O) groups is 1. The first kappa shape index (κ1) is 15.8. The lowest BCUT2D eigenvalue weighted by atomic mass is 10.1. The van der Waals surface area contributed by atoms with Crippen LogP contribution in [0.5, 0.6) is 0 Å². The molecule has 1 heterocycles. The monoisotopic (exact) mass is 341 g/mol. The van der Waals surface area contributed by atoms with Crippen LogP contribution in [-0.2, 0) is 25.6 Å². The Kier molecular flexibility index (Phi) is 4.25. The number of alkyl halides is 3. The number of hydrogen-bond donors (Lipinski definition) is 2. The highest BCUT2D eigenvalue weighted by Gasteiger charge is 2.33. The lowest BCUT2D eigenvalue weighted by Gasteiger charge is -2.07. The van der Waals surface area contributed by atoms with Crippen molar-refractivity contribution in [2.24, 2.45) is 0 Å². The van der Waals surface area contributed by atoms with Gasteiger partial charge in [0.25, 0.3) is 0 Å². The molecule has 8 heteroatoms. The number of urea groups is 1. The van der Waals surface area contributed by atoms with Crippen molar-refractivity contribution in [1.82, 2.24) is 10.3 Å². The van der Waals surface area contributed by atoms with E-state index in [1.54, 1.807) is 0 Å². The minimum atomic E-state index is -4.50. The number of nitrogens with zero attached hydrogens (tertiary/aromatic N) is 1. The molecule has 0 saturated heterocycles. The molecule has 0 bridgehead atoms. The first-order valence-electron chi connectivity index (χ1n) is 7.10. The fourth-order valence-electron chi connectivity index (χ4n) is 2.52. The second kappa shape index (κ2) is 6.19. The second-order valence-corrected chi connectivity index (χ2v) is 6.16. The molecule has 0 atom stereocenters. The molecule has 1 aromatic heterocycles. The summed E-state index contributed by atoms with van der Waals surface area (Å²) in [5.74, 6) is 0. The van der Waals surface area contributed by atoms with Gasteiger partial charge in [-0.05, 0) is 36.0 Å². The Morgan fingerprint density at radius 3 is 2.78 bits per heavy atom. The maximum absolute atomic E-state index is 12.4. The van der Waals surface area contributed by atoms with E-state index in [0.29, 0.717) is 6.54 Å². The van der Waals surface area contributed by atoms with Gasteiger partial charge >= 0.3 is 12.2 Å². The van der Waals surface area contributed by atoms with Crippen molar-refractivity contribution < 1.29 is 18.0 Å². The Balaban J connectivity index is 1.54. The number of aromatic nitrogens is 1. The van der Waals surface area contributed by atoms with Crippen molar-refractivity contribution in [3.63, 3.8) is 0 Å². The molecule has 1 aromatic carbocycles. The van der Waals surface area contributed by atoms with Crippen LogP contribution < -0.4 is 10.6 Å². The summed E-state index contributed by atoms with van der Waals surface area (Å²) in [6, 6.07) is 5.50. The highest BCUT2D eigenvalue weighted by atomic mass is 32.1. The third-order valence-corrected chi connectivity index (χ3v) is 4.39. The molecule has 0 saturated carbocycles. The van der Waals surface area contributed by atoms with Gasteiger partial charge in [0.15, 0.2) is 10.8 Å². The molecule has 4 nitrogen and oxygen atoms in total. The zero-order valence-electron chi connectivity index (χ0n) is 12.0. The second-order valence-electron chi connectivity index (χ2n) is 5.30. The van der Waals surface area contributed by atoms with Crippen LogP contribution in [0.2, 0.25) is 0 Å². The highest BCUT2D eigenvalue weighted by Crippen LogP contribution is 2.31. The zero-order chi connectivity index (χ0) is 16.4. The number of rotatable bonds is 3. The molecule has 0 spiro atoms. The van der Waals surface area contributed by atoms with Crippen LogP contribution >= 0.6 is 11.3 Å². The predicted molar refractivity (Wildman–Crippen MR) is 81.4 cm³/mol. The summed E-state index contributed by atoms with van der Waals surface area (Å²) in [6.07, 6.45) is -1.21. The molecular weight excluding hydrogens is 327 g/mol. The first-order valence-corrected chi connectivity index (χ1v) is 7.98. The summed E-state index contributed by atoms with van der Waals surface area (Å²) >= 11 is 0.740. The number of aryl methyl sites for hydroxylation is 2. The third kappa shape index (κ3) is 3.82. The number of benzene rings is 1. The van der Waals surface area contributed by atoms with Gasteiger partial charge < -0.3 is 5.32 Å². The van der Waals surface area contributed by atoms with E-state index in [1.807, 2.05) is 6.07 Å². The van der Waals surface area contributed by atoms with Gasteiger partial charge in [0.1, 0.15) is 0 Å². The average Bonchev–Trinajstić information content (AvgIpc) is 3.12. The van der Waals surface area contributed by atoms with Crippen molar-refractivity contribution >= 4 is 22.5 Å². The van der Waals surface area contributed by atoms with E-state index >= 15 is 0 Å². The summed E-state index contributed by atoms with van der Waals surface area (Å²) in [5.41, 5.74) is 2.62. The number of amides is 2. The van der Waals surface area contributed by atoms with Gasteiger partial charge in [-0.25, -0.2) is 9.78 Å². The van der Waals surface area contributed by atoms with Crippen molar-refractivity contribution in [2.45, 2.75) is 32.0 Å². The molecule has 0 aliphatic heterocycles. The summed E-state index contributed by atoms with van der Waals surface area (Å²) in [5, 5.41) is 5.73. The van der Waals surface area contributed by atoms with Crippen molar-refractivity contribution in [2.75, 3.05) is 5.32 Å². The molecule has 1 aliphatic carbocycles. The van der Waals surface area contributed by atoms with Gasteiger partial charge in [-0.1, -0.05) is 18.2 Å². The number of hydrogen-bond acceptors (Lipinski definition) is 3. The molecule has 23 heavy (non-hydrogen) atoms. The predicted octanol–water partition coefficient (Wildman–Crippen LogP) is 3.97. The SMILES string of the molecule is O=C(NCc1ccc2c(c1)CCC2)Nc1nc(C(F)(F)F)cs1. The molecule has 1 aliphatic rings. The number of carbonyl (C=O) groups excluding carboxylic acids is 1. The normalized spacial score (nSPS) is 13.7. The van der Waals surface area contributed by atoms with Crippen LogP contribution in [0.3, 0.4) is 0 Å². The van der Waals surface area contributed by atoms with E-state index in [4.69, 9.17) is 0 Å². The summed E-state index contributed by atoms with van der Waals surface area (Å²) in [6.45, 7) is 0.316. The third-order valence-electron chi connectivity index (χ3n) is 3.63. The number of thiazole rings is 1. The summed E-state index contributed by atoms with van der Waals surface area (Å²) < 4.78 is 37.3. The van der Waals surface area contributed by atoms with E-state index in [1.165, 1.54) is 11.1 Å². The van der Waals surface area contributed by atoms with Crippen LogP contribution in [0.25, 0.3) is 0 Å². The van der Waals surface area contributed by atoms with Gasteiger partial charge in [-0.3, -0.25) is 5.32 Å². The topological polar surface area (TPSA) is 54.0 Å². The quantitative estimate of drug-likeness (QED) is 0.887. The van der Waals surface area contributed by atoms with E-state index < -0.39 is 17.9 Å². The maximum atomic E-state index is 12.4. The Morgan fingerprint density at radius 2 is 2.04 bits per heavy atom. The fraction of sp³-hybridized carbons (Fsp3) is 0.333. The maximum Gasteiger partial charge on any atom is 0.434 e. The van der Waals surface area contributed by atoms with E-state index in [2.05, 4.69) is 27.8 Å². The minimum absolute atomic E-state index is 0.0798. The largest absolute Gasteiger partial charge is 0.434 e. The highest BCUT2D eigenvalue weighted by molar-refractivity contribution is 7.13. The van der Waals surface area contributed by atoms with Crippen molar-refractivity contribution in [3.05, 3.63) is 46.0 Å². The molecule has 122 valence electrons. The standard InChI is InChI=1S/C15H14F3N3OS/c16-15(17,18)12-8-23-14(20-12)21-13(22)19-7-9-4-5-10-2-1-3-11(10)6-9/h4-6,8H,1-3,7H2,(H2,19,20,21,22). The Hall–Kier alpha value is -2.09. The van der Waals surface area contributed by atoms with Crippen LogP contribution in [0.1, 0.15) is 28.8 Å². The van der Waals surface area contributed by atoms with Crippen LogP contribution in [0, 0.1) is 0 Å². The van der Waals surface area contributed by atoms with Gasteiger partial charge in [0.05, 0.1) is 0 Å². The summed E-state index contributed by atoms with van der Waals surface area (Å²) in [4.78, 5) is 15.1. The number of halogens is 3. The van der Waals surface area contributed by atoms with E-state index in [0.717, 1.165) is 41.5 Å². The van der Waals surface area contributed by atoms with Gasteiger partial charge in [-0.15, -0.1) is 11.3 Å². The van der Waals surface area contributed by atoms with Gasteiger partial charge in [-0.2, -0.15) is 13.2 Å².